The molecule has 0 aromatic heterocycles. The van der Waals surface area contributed by atoms with Gasteiger partial charge < -0.3 is 15.6 Å². The summed E-state index contributed by atoms with van der Waals surface area (Å²) in [7, 11) is 1.36. The number of methoxy groups -OCH3 is 1. The highest BCUT2D eigenvalue weighted by Crippen LogP contribution is 2.35. The molecule has 0 bridgehead atoms. The third-order valence-corrected chi connectivity index (χ3v) is 1.93. The molecule has 13 heavy (non-hydrogen) atoms. The Morgan fingerprint density at radius 1 is 1.69 bits per heavy atom. The second-order valence-corrected chi connectivity index (χ2v) is 2.81. The van der Waals surface area contributed by atoms with Crippen LogP contribution in [0.4, 0.5) is 4.39 Å². The summed E-state index contributed by atoms with van der Waals surface area (Å²) in [5.74, 6) is -1.14. The van der Waals surface area contributed by atoms with E-state index in [0.717, 1.165) is 6.07 Å². The van der Waals surface area contributed by atoms with Gasteiger partial charge in [0.25, 0.3) is 0 Å². The molecule has 72 valence electrons. The first-order chi connectivity index (χ1) is 6.11. The number of benzene rings is 1. The van der Waals surface area contributed by atoms with Crippen molar-refractivity contribution in [1.29, 1.82) is 0 Å². The van der Waals surface area contributed by atoms with E-state index in [1.54, 1.807) is 0 Å². The molecule has 0 saturated carbocycles. The van der Waals surface area contributed by atoms with E-state index in [2.05, 4.69) is 0 Å². The number of hydrogen-bond acceptors (Lipinski definition) is 3. The summed E-state index contributed by atoms with van der Waals surface area (Å²) in [6.07, 6.45) is 0. The highest BCUT2D eigenvalue weighted by molar-refractivity contribution is 6.32. The largest absolute Gasteiger partial charge is 0.505 e. The molecule has 0 atom stereocenters. The minimum atomic E-state index is -0.788. The molecule has 0 aliphatic rings. The maximum atomic E-state index is 13.2. The lowest BCUT2D eigenvalue weighted by Crippen LogP contribution is -2.03. The van der Waals surface area contributed by atoms with Crippen molar-refractivity contribution >= 4 is 11.6 Å². The molecule has 0 heterocycles. The van der Waals surface area contributed by atoms with Crippen LogP contribution in [0.5, 0.6) is 11.5 Å². The molecule has 0 amide bonds. The molecule has 0 fully saturated rings. The average molecular weight is 206 g/mol. The van der Waals surface area contributed by atoms with E-state index in [1.807, 2.05) is 0 Å². The van der Waals surface area contributed by atoms with E-state index in [9.17, 15) is 4.39 Å². The van der Waals surface area contributed by atoms with Crippen molar-refractivity contribution in [2.75, 3.05) is 7.11 Å². The van der Waals surface area contributed by atoms with E-state index in [-0.39, 0.29) is 22.9 Å². The monoisotopic (exact) mass is 205 g/mol. The molecule has 0 radical (unpaired) electrons. The van der Waals surface area contributed by atoms with Crippen LogP contribution < -0.4 is 10.5 Å². The van der Waals surface area contributed by atoms with Gasteiger partial charge in [-0.15, -0.1) is 0 Å². The molecular formula is C8H9ClFNO2. The van der Waals surface area contributed by atoms with Gasteiger partial charge in [0.1, 0.15) is 5.75 Å². The van der Waals surface area contributed by atoms with Crippen molar-refractivity contribution < 1.29 is 14.2 Å². The van der Waals surface area contributed by atoms with Gasteiger partial charge in [-0.3, -0.25) is 0 Å². The molecule has 5 heteroatoms. The Bertz CT molecular complexity index is 330. The number of halogens is 2. The van der Waals surface area contributed by atoms with Gasteiger partial charge in [-0.25, -0.2) is 4.39 Å². The summed E-state index contributed by atoms with van der Waals surface area (Å²) in [6.45, 7) is -0.0802. The van der Waals surface area contributed by atoms with Gasteiger partial charge in [-0.2, -0.15) is 0 Å². The van der Waals surface area contributed by atoms with Gasteiger partial charge in [0.15, 0.2) is 11.6 Å². The van der Waals surface area contributed by atoms with Crippen LogP contribution in [-0.4, -0.2) is 12.2 Å². The van der Waals surface area contributed by atoms with E-state index >= 15 is 0 Å². The molecule has 3 N–H and O–H groups in total. The fourth-order valence-corrected chi connectivity index (χ4v) is 1.34. The summed E-state index contributed by atoms with van der Waals surface area (Å²) in [6, 6.07) is 1.08. The minimum absolute atomic E-state index is 0.0764. The molecule has 1 aromatic rings. The quantitative estimate of drug-likeness (QED) is 0.772. The Hall–Kier alpha value is -1.00. The lowest BCUT2D eigenvalue weighted by Gasteiger charge is -2.10. The molecule has 3 nitrogen and oxygen atoms in total. The topological polar surface area (TPSA) is 55.5 Å². The fraction of sp³-hybridized carbons (Fsp3) is 0.250. The Morgan fingerprint density at radius 2 is 2.31 bits per heavy atom. The van der Waals surface area contributed by atoms with Gasteiger partial charge in [0.05, 0.1) is 12.1 Å². The molecule has 0 aliphatic heterocycles. The molecular weight excluding hydrogens is 197 g/mol. The van der Waals surface area contributed by atoms with Crippen LogP contribution in [0.3, 0.4) is 0 Å². The van der Waals surface area contributed by atoms with Crippen LogP contribution in [0.2, 0.25) is 5.02 Å². The van der Waals surface area contributed by atoms with E-state index in [1.165, 1.54) is 7.11 Å². The Morgan fingerprint density at radius 3 is 2.77 bits per heavy atom. The Balaban J connectivity index is 3.41. The van der Waals surface area contributed by atoms with Crippen LogP contribution in [0.15, 0.2) is 6.07 Å². The van der Waals surface area contributed by atoms with Crippen molar-refractivity contribution in [3.8, 4) is 11.5 Å². The molecule has 0 spiro atoms. The fourth-order valence-electron chi connectivity index (χ4n) is 1.05. The maximum absolute atomic E-state index is 13.2. The van der Waals surface area contributed by atoms with Gasteiger partial charge in [0, 0.05) is 18.2 Å². The lowest BCUT2D eigenvalue weighted by molar-refractivity contribution is 0.391. The molecule has 1 rings (SSSR count). The number of aromatic hydroxyl groups is 1. The minimum Gasteiger partial charge on any atom is -0.505 e. The number of phenols is 1. The Kier molecular flexibility index (Phi) is 2.95. The molecule has 0 aliphatic carbocycles. The van der Waals surface area contributed by atoms with Crippen LogP contribution in [0.1, 0.15) is 5.56 Å². The summed E-state index contributed by atoms with van der Waals surface area (Å²) in [5.41, 5.74) is 5.35. The SMILES string of the molecule is COc1c(Cl)cc(O)c(F)c1CN. The zero-order valence-electron chi connectivity index (χ0n) is 6.97. The first-order valence-corrected chi connectivity index (χ1v) is 3.93. The van der Waals surface area contributed by atoms with E-state index in [4.69, 9.17) is 27.2 Å². The van der Waals surface area contributed by atoms with Crippen molar-refractivity contribution in [1.82, 2.24) is 0 Å². The predicted octanol–water partition coefficient (Wildman–Crippen LogP) is 1.65. The Labute approximate surface area is 79.9 Å². The van der Waals surface area contributed by atoms with E-state index in [0.29, 0.717) is 0 Å². The molecule has 0 saturated heterocycles. The van der Waals surface area contributed by atoms with Crippen LogP contribution in [-0.2, 0) is 6.54 Å². The summed E-state index contributed by atoms with van der Waals surface area (Å²) in [5, 5.41) is 9.20. The first-order valence-electron chi connectivity index (χ1n) is 3.55. The smallest absolute Gasteiger partial charge is 0.173 e. The zero-order chi connectivity index (χ0) is 10.0. The van der Waals surface area contributed by atoms with Gasteiger partial charge in [-0.05, 0) is 0 Å². The molecule has 1 aromatic carbocycles. The van der Waals surface area contributed by atoms with Crippen molar-refractivity contribution in [2.45, 2.75) is 6.54 Å². The van der Waals surface area contributed by atoms with Crippen molar-refractivity contribution in [2.24, 2.45) is 5.73 Å². The van der Waals surface area contributed by atoms with Crippen LogP contribution in [0.25, 0.3) is 0 Å². The van der Waals surface area contributed by atoms with Crippen molar-refractivity contribution in [3.63, 3.8) is 0 Å². The highest BCUT2D eigenvalue weighted by atomic mass is 35.5. The third kappa shape index (κ3) is 1.68. The number of phenolic OH excluding ortho intramolecular Hbond substituents is 1. The van der Waals surface area contributed by atoms with Gasteiger partial charge in [0.2, 0.25) is 0 Å². The van der Waals surface area contributed by atoms with Crippen LogP contribution >= 0.6 is 11.6 Å². The predicted molar refractivity (Wildman–Crippen MR) is 47.5 cm³/mol. The number of rotatable bonds is 2. The second kappa shape index (κ2) is 3.81. The zero-order valence-corrected chi connectivity index (χ0v) is 7.73. The summed E-state index contributed by atoms with van der Waals surface area (Å²) >= 11 is 5.68. The number of hydrogen-bond donors (Lipinski definition) is 2. The second-order valence-electron chi connectivity index (χ2n) is 2.41. The highest BCUT2D eigenvalue weighted by Gasteiger charge is 2.16. The molecule has 0 unspecified atom stereocenters. The van der Waals surface area contributed by atoms with E-state index < -0.39 is 11.6 Å². The summed E-state index contributed by atoms with van der Waals surface area (Å²) < 4.78 is 18.0. The number of ether oxygens (including phenoxy) is 1. The standard InChI is InChI=1S/C8H9ClFNO2/c1-13-8-4(3-11)7(10)6(12)2-5(8)9/h2,12H,3,11H2,1H3. The first kappa shape index (κ1) is 10.1. The van der Waals surface area contributed by atoms with Gasteiger partial charge in [-0.1, -0.05) is 11.6 Å². The average Bonchev–Trinajstić information content (AvgIpc) is 2.10. The third-order valence-electron chi connectivity index (χ3n) is 1.65. The van der Waals surface area contributed by atoms with Crippen LogP contribution in [0, 0.1) is 5.82 Å². The van der Waals surface area contributed by atoms with Gasteiger partial charge >= 0.3 is 0 Å². The normalized spacial score (nSPS) is 10.2. The summed E-state index contributed by atoms with van der Waals surface area (Å²) in [4.78, 5) is 0. The van der Waals surface area contributed by atoms with Crippen molar-refractivity contribution in [3.05, 3.63) is 22.5 Å². The lowest BCUT2D eigenvalue weighted by atomic mass is 10.1. The maximum Gasteiger partial charge on any atom is 0.173 e. The number of nitrogens with two attached hydrogens (primary N) is 1.